The van der Waals surface area contributed by atoms with Crippen LogP contribution in [0.15, 0.2) is 75.9 Å². The molecule has 1 N–H and O–H groups in total. The molecule has 1 amide bonds. The molecule has 1 heterocycles. The fraction of sp³-hybridized carbons (Fsp3) is 0.300. The molecule has 0 atom stereocenters. The molecule has 1 aromatic heterocycles. The van der Waals surface area contributed by atoms with Gasteiger partial charge in [0.2, 0.25) is 11.3 Å². The molecule has 3 rings (SSSR count). The third-order valence-corrected chi connectivity index (χ3v) is 5.80. The molecule has 0 spiro atoms. The highest BCUT2D eigenvalue weighted by atomic mass is 16.6. The average molecular weight is 566 g/mol. The Morgan fingerprint density at radius 2 is 1.34 bits per heavy atom. The summed E-state index contributed by atoms with van der Waals surface area (Å²) in [6.07, 6.45) is -1.77. The molecule has 2 aromatic carbocycles. The van der Waals surface area contributed by atoms with E-state index in [9.17, 15) is 24.0 Å². The normalized spacial score (nSPS) is 10.8. The van der Waals surface area contributed by atoms with Gasteiger partial charge in [0.15, 0.2) is 0 Å². The smallest absolute Gasteiger partial charge is 0.408 e. The van der Waals surface area contributed by atoms with Gasteiger partial charge in [0.25, 0.3) is 0 Å². The molecule has 0 aliphatic heterocycles. The summed E-state index contributed by atoms with van der Waals surface area (Å²) in [7, 11) is 0. The molecule has 11 nitrogen and oxygen atoms in total. The minimum atomic E-state index is -2.50. The number of carbonyl (C=O) groups excluding carboxylic acids is 4. The van der Waals surface area contributed by atoms with Gasteiger partial charge in [-0.1, -0.05) is 60.7 Å². The molecule has 0 bridgehead atoms. The fourth-order valence-electron chi connectivity index (χ4n) is 4.04. The second-order valence-electron chi connectivity index (χ2n) is 8.59. The molecule has 216 valence electrons. The summed E-state index contributed by atoms with van der Waals surface area (Å²) in [6.45, 7) is 4.17. The molecule has 0 radical (unpaired) electrons. The van der Waals surface area contributed by atoms with Crippen LogP contribution in [0, 0.1) is 0 Å². The van der Waals surface area contributed by atoms with Crippen LogP contribution in [-0.4, -0.2) is 49.4 Å². The predicted octanol–water partition coefficient (Wildman–Crippen LogP) is 3.82. The Balaban J connectivity index is 2.17. The maximum atomic E-state index is 13.5. The summed E-state index contributed by atoms with van der Waals surface area (Å²) in [5.74, 6) is -3.67. The lowest BCUT2D eigenvalue weighted by Crippen LogP contribution is -2.63. The van der Waals surface area contributed by atoms with Crippen molar-refractivity contribution < 1.29 is 42.5 Å². The van der Waals surface area contributed by atoms with Gasteiger partial charge in [-0.25, -0.2) is 24.0 Å². The van der Waals surface area contributed by atoms with Crippen molar-refractivity contribution in [3.8, 4) is 11.1 Å². The SMILES string of the molecule is CCOC(=O)c1oc(=O)cc(CC(NC(=O)OCc2ccccc2)(C(=O)OCC)C(=O)OCC)c1-c1ccccc1. The van der Waals surface area contributed by atoms with E-state index in [-0.39, 0.29) is 37.6 Å². The third-order valence-electron chi connectivity index (χ3n) is 5.80. The molecule has 0 saturated heterocycles. The first kappa shape index (κ1) is 30.6. The van der Waals surface area contributed by atoms with Gasteiger partial charge >= 0.3 is 29.6 Å². The zero-order valence-electron chi connectivity index (χ0n) is 23.0. The van der Waals surface area contributed by atoms with E-state index in [2.05, 4.69) is 5.32 Å². The summed E-state index contributed by atoms with van der Waals surface area (Å²) in [5, 5.41) is 2.33. The second kappa shape index (κ2) is 14.5. The number of amides is 1. The Morgan fingerprint density at radius 3 is 1.90 bits per heavy atom. The van der Waals surface area contributed by atoms with E-state index in [1.54, 1.807) is 67.6 Å². The molecule has 0 aliphatic carbocycles. The standard InChI is InChI=1S/C30H31NO10/c1-4-37-26(33)25-24(21-15-11-8-12-16-21)22(17-23(32)41-25)18-30(27(34)38-5-2,28(35)39-6-3)31-29(36)40-19-20-13-9-7-10-14-20/h7-17H,4-6,18-19H2,1-3H3,(H,31,36). The molecule has 3 aromatic rings. The number of esters is 3. The quantitative estimate of drug-likeness (QED) is 0.195. The maximum absolute atomic E-state index is 13.5. The van der Waals surface area contributed by atoms with Crippen LogP contribution >= 0.6 is 0 Å². The highest BCUT2D eigenvalue weighted by molar-refractivity contribution is 6.08. The Kier molecular flexibility index (Phi) is 10.8. The van der Waals surface area contributed by atoms with Crippen LogP contribution in [0.4, 0.5) is 4.79 Å². The Hall–Kier alpha value is -4.93. The van der Waals surface area contributed by atoms with Crippen molar-refractivity contribution in [1.82, 2.24) is 5.32 Å². The summed E-state index contributed by atoms with van der Waals surface area (Å²) in [6, 6.07) is 18.2. The number of rotatable bonds is 12. The van der Waals surface area contributed by atoms with Crippen molar-refractivity contribution >= 4 is 24.0 Å². The van der Waals surface area contributed by atoms with Crippen LogP contribution in [-0.2, 0) is 41.6 Å². The highest BCUT2D eigenvalue weighted by Crippen LogP contribution is 2.31. The van der Waals surface area contributed by atoms with Gasteiger partial charge in [-0.05, 0) is 37.5 Å². The van der Waals surface area contributed by atoms with Crippen LogP contribution in [0.5, 0.6) is 0 Å². The van der Waals surface area contributed by atoms with Crippen LogP contribution < -0.4 is 10.9 Å². The lowest BCUT2D eigenvalue weighted by atomic mass is 9.86. The first-order valence-electron chi connectivity index (χ1n) is 13.0. The summed E-state index contributed by atoms with van der Waals surface area (Å²) in [4.78, 5) is 65.4. The first-order valence-corrected chi connectivity index (χ1v) is 13.0. The van der Waals surface area contributed by atoms with Crippen molar-refractivity contribution in [2.75, 3.05) is 19.8 Å². The van der Waals surface area contributed by atoms with E-state index in [0.29, 0.717) is 11.1 Å². The number of ether oxygens (including phenoxy) is 4. The number of hydrogen-bond donors (Lipinski definition) is 1. The molecular formula is C30H31NO10. The first-order chi connectivity index (χ1) is 19.7. The molecular weight excluding hydrogens is 534 g/mol. The van der Waals surface area contributed by atoms with Gasteiger partial charge in [0.1, 0.15) is 6.61 Å². The van der Waals surface area contributed by atoms with Crippen molar-refractivity contribution in [1.29, 1.82) is 0 Å². The zero-order valence-corrected chi connectivity index (χ0v) is 23.0. The van der Waals surface area contributed by atoms with Crippen molar-refractivity contribution in [2.45, 2.75) is 39.3 Å². The van der Waals surface area contributed by atoms with Crippen molar-refractivity contribution in [3.63, 3.8) is 0 Å². The maximum Gasteiger partial charge on any atom is 0.408 e. The van der Waals surface area contributed by atoms with Crippen LogP contribution in [0.25, 0.3) is 11.1 Å². The predicted molar refractivity (Wildman–Crippen MR) is 146 cm³/mol. The molecule has 0 saturated carbocycles. The molecule has 41 heavy (non-hydrogen) atoms. The average Bonchev–Trinajstić information content (AvgIpc) is 2.96. The van der Waals surface area contributed by atoms with Gasteiger partial charge in [-0.15, -0.1) is 0 Å². The monoisotopic (exact) mass is 565 g/mol. The van der Waals surface area contributed by atoms with Gasteiger partial charge in [0.05, 0.1) is 19.8 Å². The summed E-state index contributed by atoms with van der Waals surface area (Å²) < 4.78 is 26.0. The van der Waals surface area contributed by atoms with Crippen molar-refractivity contribution in [2.24, 2.45) is 0 Å². The molecule has 0 aliphatic rings. The lowest BCUT2D eigenvalue weighted by molar-refractivity contribution is -0.166. The zero-order chi connectivity index (χ0) is 29.8. The van der Waals surface area contributed by atoms with Crippen molar-refractivity contribution in [3.05, 3.63) is 94.0 Å². The Labute approximate surface area is 236 Å². The van der Waals surface area contributed by atoms with Gasteiger partial charge in [-0.2, -0.15) is 0 Å². The number of nitrogens with one attached hydrogen (secondary N) is 1. The van der Waals surface area contributed by atoms with Gasteiger partial charge in [0, 0.05) is 18.1 Å². The number of alkyl carbamates (subject to hydrolysis) is 1. The van der Waals surface area contributed by atoms with E-state index < -0.39 is 47.3 Å². The van der Waals surface area contributed by atoms with E-state index in [0.717, 1.165) is 6.07 Å². The van der Waals surface area contributed by atoms with Crippen LogP contribution in [0.1, 0.15) is 42.5 Å². The summed E-state index contributed by atoms with van der Waals surface area (Å²) >= 11 is 0. The van der Waals surface area contributed by atoms with E-state index in [1.807, 2.05) is 0 Å². The molecule has 0 fully saturated rings. The van der Waals surface area contributed by atoms with E-state index in [1.165, 1.54) is 13.8 Å². The van der Waals surface area contributed by atoms with Gasteiger partial charge < -0.3 is 23.4 Å². The third kappa shape index (κ3) is 7.59. The number of hydrogen-bond acceptors (Lipinski definition) is 10. The fourth-order valence-corrected chi connectivity index (χ4v) is 4.04. The number of benzene rings is 2. The highest BCUT2D eigenvalue weighted by Gasteiger charge is 2.52. The topological polar surface area (TPSA) is 147 Å². The minimum absolute atomic E-state index is 0.00853. The lowest BCUT2D eigenvalue weighted by Gasteiger charge is -2.30. The number of carbonyl (C=O) groups is 4. The second-order valence-corrected chi connectivity index (χ2v) is 8.59. The summed E-state index contributed by atoms with van der Waals surface area (Å²) in [5.41, 5.74) is -2.27. The van der Waals surface area contributed by atoms with Crippen LogP contribution in [0.3, 0.4) is 0 Å². The minimum Gasteiger partial charge on any atom is -0.464 e. The largest absolute Gasteiger partial charge is 0.464 e. The van der Waals surface area contributed by atoms with Gasteiger partial charge in [-0.3, -0.25) is 5.32 Å². The Bertz CT molecular complexity index is 1400. The van der Waals surface area contributed by atoms with E-state index in [4.69, 9.17) is 23.4 Å². The van der Waals surface area contributed by atoms with Crippen LogP contribution in [0.2, 0.25) is 0 Å². The molecule has 0 unspecified atom stereocenters. The molecule has 11 heteroatoms. The van der Waals surface area contributed by atoms with E-state index >= 15 is 0 Å². The Morgan fingerprint density at radius 1 is 0.780 bits per heavy atom.